The van der Waals surface area contributed by atoms with Crippen molar-refractivity contribution >= 4 is 17.8 Å². The van der Waals surface area contributed by atoms with Gasteiger partial charge in [-0.1, -0.05) is 42.5 Å². The summed E-state index contributed by atoms with van der Waals surface area (Å²) in [5, 5.41) is 11.8. The van der Waals surface area contributed by atoms with E-state index in [-0.39, 0.29) is 55.4 Å². The third kappa shape index (κ3) is 8.45. The van der Waals surface area contributed by atoms with Crippen LogP contribution in [-0.4, -0.2) is 59.6 Å². The molecule has 1 fully saturated rings. The number of esters is 1. The fourth-order valence-electron chi connectivity index (χ4n) is 4.27. The summed E-state index contributed by atoms with van der Waals surface area (Å²) in [6.07, 6.45) is 6.42. The number of amides is 2. The van der Waals surface area contributed by atoms with E-state index in [9.17, 15) is 14.4 Å². The summed E-state index contributed by atoms with van der Waals surface area (Å²) in [6.45, 7) is 9.74. The van der Waals surface area contributed by atoms with E-state index in [1.54, 1.807) is 24.0 Å². The lowest BCUT2D eigenvalue weighted by atomic mass is 9.96. The number of likely N-dealkylation sites (tertiary alicyclic amines) is 1. The largest absolute Gasteiger partial charge is 0.463 e. The van der Waals surface area contributed by atoms with Crippen LogP contribution in [0.2, 0.25) is 0 Å². The molecule has 7 heteroatoms. The Kier molecular flexibility index (Phi) is 11.5. The van der Waals surface area contributed by atoms with Crippen LogP contribution < -0.4 is 5.32 Å². The van der Waals surface area contributed by atoms with Crippen molar-refractivity contribution in [2.75, 3.05) is 19.8 Å². The number of hydrogen-bond acceptors (Lipinski definition) is 5. The van der Waals surface area contributed by atoms with Gasteiger partial charge in [0, 0.05) is 19.0 Å². The maximum absolute atomic E-state index is 13.3. The highest BCUT2D eigenvalue weighted by Crippen LogP contribution is 2.24. The van der Waals surface area contributed by atoms with Gasteiger partial charge in [0.1, 0.15) is 6.61 Å². The fourth-order valence-corrected chi connectivity index (χ4v) is 4.27. The van der Waals surface area contributed by atoms with Crippen molar-refractivity contribution in [1.29, 1.82) is 0 Å². The number of benzene rings is 1. The van der Waals surface area contributed by atoms with Crippen LogP contribution in [0.5, 0.6) is 0 Å². The molecular formula is C27H38N2O5. The van der Waals surface area contributed by atoms with Gasteiger partial charge in [0.15, 0.2) is 0 Å². The second kappa shape index (κ2) is 14.4. The number of nitrogens with one attached hydrogen (secondary N) is 1. The molecule has 0 bridgehead atoms. The molecule has 0 unspecified atom stereocenters. The Balaban J connectivity index is 1.97. The summed E-state index contributed by atoms with van der Waals surface area (Å²) in [7, 11) is 0. The molecule has 2 rings (SSSR count). The molecular weight excluding hydrogens is 432 g/mol. The topological polar surface area (TPSA) is 95.9 Å². The van der Waals surface area contributed by atoms with Gasteiger partial charge < -0.3 is 20.1 Å². The van der Waals surface area contributed by atoms with E-state index in [1.165, 1.54) is 0 Å². The first kappa shape index (κ1) is 27.3. The molecule has 1 saturated heterocycles. The summed E-state index contributed by atoms with van der Waals surface area (Å²) < 4.78 is 5.67. The third-order valence-electron chi connectivity index (χ3n) is 6.10. The first-order valence-corrected chi connectivity index (χ1v) is 12.0. The highest BCUT2D eigenvalue weighted by Gasteiger charge is 2.34. The van der Waals surface area contributed by atoms with Crippen molar-refractivity contribution in [3.8, 4) is 0 Å². The molecule has 7 nitrogen and oxygen atoms in total. The van der Waals surface area contributed by atoms with Crippen LogP contribution in [0, 0.1) is 11.8 Å². The van der Waals surface area contributed by atoms with Crippen molar-refractivity contribution in [1.82, 2.24) is 10.2 Å². The van der Waals surface area contributed by atoms with E-state index < -0.39 is 5.92 Å². The maximum atomic E-state index is 13.3. The van der Waals surface area contributed by atoms with Crippen LogP contribution in [0.1, 0.15) is 44.6 Å². The van der Waals surface area contributed by atoms with E-state index in [4.69, 9.17) is 9.84 Å². The van der Waals surface area contributed by atoms with E-state index in [0.717, 1.165) is 18.4 Å². The zero-order valence-corrected chi connectivity index (χ0v) is 20.2. The Morgan fingerprint density at radius 2 is 1.85 bits per heavy atom. The Hall–Kier alpha value is -2.93. The van der Waals surface area contributed by atoms with Crippen molar-refractivity contribution in [2.45, 2.75) is 57.5 Å². The lowest BCUT2D eigenvalue weighted by molar-refractivity contribution is -0.152. The monoisotopic (exact) mass is 470 g/mol. The number of carbonyl (C=O) groups is 3. The molecule has 1 aromatic carbocycles. The molecule has 2 N–H and O–H groups in total. The Morgan fingerprint density at radius 3 is 2.50 bits per heavy atom. The van der Waals surface area contributed by atoms with E-state index >= 15 is 0 Å². The number of rotatable bonds is 14. The first-order valence-electron chi connectivity index (χ1n) is 12.0. The molecule has 1 heterocycles. The van der Waals surface area contributed by atoms with E-state index in [2.05, 4.69) is 18.5 Å². The highest BCUT2D eigenvalue weighted by molar-refractivity contribution is 5.86. The average molecular weight is 471 g/mol. The minimum Gasteiger partial charge on any atom is -0.463 e. The second-order valence-electron chi connectivity index (χ2n) is 8.95. The van der Waals surface area contributed by atoms with Gasteiger partial charge in [-0.15, -0.1) is 13.2 Å². The van der Waals surface area contributed by atoms with Crippen molar-refractivity contribution < 1.29 is 24.2 Å². The third-order valence-corrected chi connectivity index (χ3v) is 6.10. The van der Waals surface area contributed by atoms with Crippen molar-refractivity contribution in [2.24, 2.45) is 11.8 Å². The van der Waals surface area contributed by atoms with Crippen LogP contribution in [0.25, 0.3) is 0 Å². The van der Waals surface area contributed by atoms with Crippen LogP contribution >= 0.6 is 0 Å². The molecule has 1 aliphatic rings. The summed E-state index contributed by atoms with van der Waals surface area (Å²) in [5.41, 5.74) is 1.06. The van der Waals surface area contributed by atoms with Gasteiger partial charge in [-0.3, -0.25) is 14.4 Å². The van der Waals surface area contributed by atoms with Gasteiger partial charge in [-0.2, -0.15) is 0 Å². The quantitative estimate of drug-likeness (QED) is 0.322. The van der Waals surface area contributed by atoms with Crippen molar-refractivity contribution in [3.63, 3.8) is 0 Å². The van der Waals surface area contributed by atoms with Gasteiger partial charge in [0.2, 0.25) is 11.8 Å². The van der Waals surface area contributed by atoms with E-state index in [1.807, 2.05) is 30.3 Å². The van der Waals surface area contributed by atoms with Crippen LogP contribution in [0.3, 0.4) is 0 Å². The average Bonchev–Trinajstić information content (AvgIpc) is 3.30. The Bertz CT molecular complexity index is 826. The smallest absolute Gasteiger partial charge is 0.309 e. The predicted molar refractivity (Wildman–Crippen MR) is 132 cm³/mol. The highest BCUT2D eigenvalue weighted by atomic mass is 16.5. The maximum Gasteiger partial charge on any atom is 0.309 e. The second-order valence-corrected chi connectivity index (χ2v) is 8.95. The number of ether oxygens (including phenoxy) is 1. The van der Waals surface area contributed by atoms with Crippen LogP contribution in [-0.2, 0) is 25.5 Å². The summed E-state index contributed by atoms with van der Waals surface area (Å²) in [4.78, 5) is 40.1. The zero-order valence-electron chi connectivity index (χ0n) is 20.2. The molecule has 0 spiro atoms. The summed E-state index contributed by atoms with van der Waals surface area (Å²) in [6, 6.07) is 9.22. The zero-order chi connectivity index (χ0) is 24.9. The minimum atomic E-state index is -0.536. The molecule has 0 radical (unpaired) electrons. The summed E-state index contributed by atoms with van der Waals surface area (Å²) in [5.74, 6) is -1.56. The molecule has 186 valence electrons. The molecule has 2 amide bonds. The minimum absolute atomic E-state index is 0.0245. The number of aliphatic hydroxyl groups excluding tert-OH is 1. The van der Waals surface area contributed by atoms with Gasteiger partial charge in [-0.25, -0.2) is 0 Å². The lowest BCUT2D eigenvalue weighted by Crippen LogP contribution is -2.44. The first-order chi connectivity index (χ1) is 16.4. The van der Waals surface area contributed by atoms with Gasteiger partial charge in [-0.05, 0) is 44.6 Å². The van der Waals surface area contributed by atoms with Crippen LogP contribution in [0.4, 0.5) is 0 Å². The SMILES string of the molecule is C=CC[C@H](Cc1ccccc1)C(=O)OC[C@@H]1CCCN1C(=O)[C@@H](CC=C)CC(=O)N[C@H](C)CO. The predicted octanol–water partition coefficient (Wildman–Crippen LogP) is 3.04. The fraction of sp³-hybridized carbons (Fsp3) is 0.519. The molecule has 1 aromatic rings. The van der Waals surface area contributed by atoms with Gasteiger partial charge in [0.25, 0.3) is 0 Å². The number of carbonyl (C=O) groups excluding carboxylic acids is 3. The Morgan fingerprint density at radius 1 is 1.18 bits per heavy atom. The molecule has 0 aromatic heterocycles. The van der Waals surface area contributed by atoms with Gasteiger partial charge >= 0.3 is 5.97 Å². The van der Waals surface area contributed by atoms with E-state index in [0.29, 0.717) is 25.8 Å². The number of allylic oxidation sites excluding steroid dienone is 2. The molecule has 0 saturated carbocycles. The molecule has 34 heavy (non-hydrogen) atoms. The summed E-state index contributed by atoms with van der Waals surface area (Å²) >= 11 is 0. The normalized spacial score (nSPS) is 17.9. The van der Waals surface area contributed by atoms with Crippen LogP contribution in [0.15, 0.2) is 55.6 Å². The molecule has 1 aliphatic heterocycles. The number of aliphatic hydroxyl groups is 1. The number of hydrogen-bond donors (Lipinski definition) is 2. The van der Waals surface area contributed by atoms with Gasteiger partial charge in [0.05, 0.1) is 24.5 Å². The number of nitrogens with zero attached hydrogens (tertiary/aromatic N) is 1. The van der Waals surface area contributed by atoms with Crippen molar-refractivity contribution in [3.05, 3.63) is 61.2 Å². The lowest BCUT2D eigenvalue weighted by Gasteiger charge is -2.29. The standard InChI is InChI=1S/C27H38N2O5/c1-4-10-22(17-25(31)28-20(3)18-30)26(32)29-15-9-14-24(29)19-34-27(33)23(11-5-2)16-21-12-7-6-8-13-21/h4-8,12-13,20,22-24,30H,1-2,9-11,14-19H2,3H3,(H,28,31)/t20-,22+,23-,24+/m1/s1. The molecule has 0 aliphatic carbocycles. The Labute approximate surface area is 202 Å². The molecule has 4 atom stereocenters.